The molecule has 2 rings (SSSR count). The van der Waals surface area contributed by atoms with Gasteiger partial charge in [0.25, 0.3) is 5.91 Å². The Bertz CT molecular complexity index is 820. The number of rotatable bonds is 7. The molecule has 0 saturated heterocycles. The van der Waals surface area contributed by atoms with Crippen LogP contribution in [0.5, 0.6) is 0 Å². The van der Waals surface area contributed by atoms with Crippen LogP contribution < -0.4 is 16.2 Å². The van der Waals surface area contributed by atoms with E-state index in [1.165, 1.54) is 11.3 Å². The highest BCUT2D eigenvalue weighted by Crippen LogP contribution is 2.22. The highest BCUT2D eigenvalue weighted by atomic mass is 35.5. The van der Waals surface area contributed by atoms with Gasteiger partial charge in [-0.25, -0.2) is 0 Å². The van der Waals surface area contributed by atoms with E-state index in [1.807, 2.05) is 32.0 Å². The molecule has 0 radical (unpaired) electrons. The molecule has 1 aromatic carbocycles. The van der Waals surface area contributed by atoms with E-state index in [0.29, 0.717) is 9.21 Å². The Hall–Kier alpha value is -2.38. The van der Waals surface area contributed by atoms with Crippen molar-refractivity contribution in [3.8, 4) is 0 Å². The summed E-state index contributed by atoms with van der Waals surface area (Å²) in [7, 11) is 0. The van der Waals surface area contributed by atoms with E-state index in [9.17, 15) is 14.4 Å². The lowest BCUT2D eigenvalue weighted by Gasteiger charge is -2.11. The highest BCUT2D eigenvalue weighted by molar-refractivity contribution is 7.18. The van der Waals surface area contributed by atoms with Crippen LogP contribution in [-0.4, -0.2) is 24.1 Å². The topological polar surface area (TPSA) is 87.3 Å². The van der Waals surface area contributed by atoms with Gasteiger partial charge >= 0.3 is 0 Å². The van der Waals surface area contributed by atoms with Crippen LogP contribution in [0.4, 0.5) is 5.69 Å². The first-order valence-corrected chi connectivity index (χ1v) is 9.22. The molecule has 138 valence electrons. The number of Topliss-reactive ketones (excluding diaryl/α,β-unsaturated/α-hetero) is 1. The molecule has 0 fully saturated rings. The maximum atomic E-state index is 11.9. The summed E-state index contributed by atoms with van der Waals surface area (Å²) in [5.74, 6) is -0.963. The molecule has 0 aliphatic carbocycles. The van der Waals surface area contributed by atoms with Gasteiger partial charge < -0.3 is 5.32 Å². The van der Waals surface area contributed by atoms with Gasteiger partial charge in [-0.15, -0.1) is 11.3 Å². The van der Waals surface area contributed by atoms with Crippen LogP contribution in [0.15, 0.2) is 30.3 Å². The molecular weight excluding hydrogens is 374 g/mol. The molecule has 0 saturated carbocycles. The minimum Gasteiger partial charge on any atom is -0.376 e. The zero-order chi connectivity index (χ0) is 19.1. The molecule has 26 heavy (non-hydrogen) atoms. The molecule has 0 aliphatic heterocycles. The number of carbonyl (C=O) groups is 3. The molecule has 8 heteroatoms. The van der Waals surface area contributed by atoms with E-state index in [2.05, 4.69) is 16.2 Å². The predicted octanol–water partition coefficient (Wildman–Crippen LogP) is 3.24. The number of hydrazine groups is 1. The minimum absolute atomic E-state index is 0.0148. The molecular formula is C18H20ClN3O3S. The van der Waals surface area contributed by atoms with Crippen LogP contribution in [0.2, 0.25) is 4.34 Å². The van der Waals surface area contributed by atoms with Gasteiger partial charge in [0.2, 0.25) is 5.91 Å². The van der Waals surface area contributed by atoms with Gasteiger partial charge in [0, 0.05) is 18.5 Å². The minimum atomic E-state index is -0.430. The van der Waals surface area contributed by atoms with Crippen LogP contribution in [-0.2, 0) is 9.59 Å². The Morgan fingerprint density at radius 3 is 2.38 bits per heavy atom. The zero-order valence-electron chi connectivity index (χ0n) is 14.5. The van der Waals surface area contributed by atoms with Crippen molar-refractivity contribution in [3.05, 3.63) is 50.7 Å². The Morgan fingerprint density at radius 1 is 1.00 bits per heavy atom. The van der Waals surface area contributed by atoms with Gasteiger partial charge in [-0.3, -0.25) is 25.2 Å². The molecule has 6 nitrogen and oxygen atoms in total. The summed E-state index contributed by atoms with van der Waals surface area (Å²) in [6, 6.07) is 9.14. The summed E-state index contributed by atoms with van der Waals surface area (Å²) in [6.07, 6.45) is 0.0402. The maximum Gasteiger partial charge on any atom is 0.257 e. The summed E-state index contributed by atoms with van der Waals surface area (Å²) in [4.78, 5) is 35.9. The Labute approximate surface area is 160 Å². The van der Waals surface area contributed by atoms with Crippen molar-refractivity contribution in [2.24, 2.45) is 0 Å². The van der Waals surface area contributed by atoms with Crippen LogP contribution in [0, 0.1) is 13.8 Å². The zero-order valence-corrected chi connectivity index (χ0v) is 16.1. The number of halogens is 1. The van der Waals surface area contributed by atoms with Crippen molar-refractivity contribution in [3.63, 3.8) is 0 Å². The van der Waals surface area contributed by atoms with Gasteiger partial charge in [-0.05, 0) is 37.6 Å². The summed E-state index contributed by atoms with van der Waals surface area (Å²) in [6.45, 7) is 3.97. The predicted molar refractivity (Wildman–Crippen MR) is 104 cm³/mol. The van der Waals surface area contributed by atoms with E-state index >= 15 is 0 Å². The average Bonchev–Trinajstić information content (AvgIpc) is 3.03. The van der Waals surface area contributed by atoms with Gasteiger partial charge in [-0.1, -0.05) is 29.3 Å². The first-order chi connectivity index (χ1) is 12.3. The van der Waals surface area contributed by atoms with E-state index < -0.39 is 5.91 Å². The molecule has 0 unspecified atom stereocenters. The second kappa shape index (κ2) is 9.35. The lowest BCUT2D eigenvalue weighted by atomic mass is 10.1. The Morgan fingerprint density at radius 2 is 1.73 bits per heavy atom. The van der Waals surface area contributed by atoms with Gasteiger partial charge in [-0.2, -0.15) is 0 Å². The first-order valence-electron chi connectivity index (χ1n) is 8.02. The fourth-order valence-corrected chi connectivity index (χ4v) is 3.26. The average molecular weight is 394 g/mol. The van der Waals surface area contributed by atoms with E-state index in [0.717, 1.165) is 16.8 Å². The van der Waals surface area contributed by atoms with Crippen molar-refractivity contribution >= 4 is 46.2 Å². The monoisotopic (exact) mass is 393 g/mol. The van der Waals surface area contributed by atoms with Crippen molar-refractivity contribution in [2.45, 2.75) is 26.7 Å². The number of carbonyl (C=O) groups excluding carboxylic acids is 3. The number of hydrogen-bond donors (Lipinski definition) is 3. The second-order valence-electron chi connectivity index (χ2n) is 5.80. The van der Waals surface area contributed by atoms with Crippen LogP contribution in [0.25, 0.3) is 0 Å². The quantitative estimate of drug-likeness (QED) is 0.497. The number of benzene rings is 1. The summed E-state index contributed by atoms with van der Waals surface area (Å²) >= 11 is 6.96. The largest absolute Gasteiger partial charge is 0.376 e. The summed E-state index contributed by atoms with van der Waals surface area (Å²) in [5, 5.41) is 3.01. The molecule has 0 aliphatic rings. The van der Waals surface area contributed by atoms with Gasteiger partial charge in [0.15, 0.2) is 5.78 Å². The summed E-state index contributed by atoms with van der Waals surface area (Å²) in [5.41, 5.74) is 7.66. The molecule has 2 aromatic rings. The van der Waals surface area contributed by atoms with Crippen LogP contribution in [0.3, 0.4) is 0 Å². The lowest BCUT2D eigenvalue weighted by Crippen LogP contribution is -2.44. The van der Waals surface area contributed by atoms with Gasteiger partial charge in [0.1, 0.15) is 0 Å². The van der Waals surface area contributed by atoms with Crippen molar-refractivity contribution in [1.82, 2.24) is 10.9 Å². The number of aryl methyl sites for hydroxylation is 2. The third-order valence-corrected chi connectivity index (χ3v) is 4.86. The Kier molecular flexibility index (Phi) is 7.17. The number of nitrogens with one attached hydrogen (secondary N) is 3. The number of hydrogen-bond acceptors (Lipinski definition) is 5. The fourth-order valence-electron chi connectivity index (χ4n) is 2.25. The van der Waals surface area contributed by atoms with Crippen molar-refractivity contribution in [1.29, 1.82) is 0 Å². The molecule has 3 N–H and O–H groups in total. The first kappa shape index (κ1) is 19.9. The highest BCUT2D eigenvalue weighted by Gasteiger charge is 2.12. The third-order valence-electron chi connectivity index (χ3n) is 3.59. The molecule has 0 spiro atoms. The van der Waals surface area contributed by atoms with Gasteiger partial charge in [0.05, 0.1) is 15.8 Å². The fraction of sp³-hybridized carbons (Fsp3) is 0.278. The van der Waals surface area contributed by atoms with E-state index in [4.69, 9.17) is 11.6 Å². The molecule has 0 atom stereocenters. The molecule has 1 aromatic heterocycles. The SMILES string of the molecule is Cc1ccc(NCC(=O)NNC(=O)CCC(=O)c2ccc(Cl)s2)c(C)c1. The van der Waals surface area contributed by atoms with Crippen LogP contribution in [0.1, 0.15) is 33.6 Å². The smallest absolute Gasteiger partial charge is 0.257 e. The maximum absolute atomic E-state index is 11.9. The molecule has 2 amide bonds. The van der Waals surface area contributed by atoms with E-state index in [-0.39, 0.29) is 31.1 Å². The van der Waals surface area contributed by atoms with Crippen LogP contribution >= 0.6 is 22.9 Å². The number of thiophene rings is 1. The Balaban J connectivity index is 1.68. The number of amides is 2. The standard InChI is InChI=1S/C18H20ClN3O3S/c1-11-3-4-13(12(2)9-11)20-10-18(25)22-21-17(24)8-5-14(23)15-6-7-16(19)26-15/h3-4,6-7,9,20H,5,8,10H2,1-2H3,(H,21,24)(H,22,25). The lowest BCUT2D eigenvalue weighted by molar-refractivity contribution is -0.128. The third kappa shape index (κ3) is 6.16. The summed E-state index contributed by atoms with van der Waals surface area (Å²) < 4.78 is 0.529. The molecule has 0 bridgehead atoms. The molecule has 1 heterocycles. The number of anilines is 1. The van der Waals surface area contributed by atoms with E-state index in [1.54, 1.807) is 12.1 Å². The van der Waals surface area contributed by atoms with Crippen molar-refractivity contribution < 1.29 is 14.4 Å². The number of ketones is 1. The second-order valence-corrected chi connectivity index (χ2v) is 7.51. The van der Waals surface area contributed by atoms with Crippen molar-refractivity contribution in [2.75, 3.05) is 11.9 Å². The normalized spacial score (nSPS) is 10.3.